The fourth-order valence-corrected chi connectivity index (χ4v) is 3.80. The fourth-order valence-electron chi connectivity index (χ4n) is 2.78. The van der Waals surface area contributed by atoms with Crippen LogP contribution in [0.1, 0.15) is 11.6 Å². The van der Waals surface area contributed by atoms with Gasteiger partial charge in [0, 0.05) is 37.3 Å². The summed E-state index contributed by atoms with van der Waals surface area (Å²) in [5.74, 6) is 1.01. The Bertz CT molecular complexity index is 1130. The first-order valence-corrected chi connectivity index (χ1v) is 10.1. The average Bonchev–Trinajstić information content (AvgIpc) is 3.10. The highest BCUT2D eigenvalue weighted by atomic mass is 32.2. The number of hydrogen-bond donors (Lipinski definition) is 1. The molecule has 0 aliphatic heterocycles. The Labute approximate surface area is 162 Å². The minimum atomic E-state index is -3.70. The summed E-state index contributed by atoms with van der Waals surface area (Å²) < 4.78 is 39.2. The van der Waals surface area contributed by atoms with Crippen molar-refractivity contribution in [1.29, 1.82) is 0 Å². The van der Waals surface area contributed by atoms with Crippen LogP contribution in [-0.2, 0) is 16.6 Å². The zero-order chi connectivity index (χ0) is 20.3. The molecule has 0 radical (unpaired) electrons. The van der Waals surface area contributed by atoms with Gasteiger partial charge in [-0.25, -0.2) is 18.1 Å². The minimum absolute atomic E-state index is 0.0830. The molecule has 2 aromatic heterocycles. The number of rotatable bonds is 7. The van der Waals surface area contributed by atoms with E-state index in [1.165, 1.54) is 36.1 Å². The monoisotopic (exact) mass is 403 g/mol. The molecule has 0 fully saturated rings. The van der Waals surface area contributed by atoms with Crippen LogP contribution in [0, 0.1) is 13.8 Å². The molecule has 1 N–H and O–H groups in total. The summed E-state index contributed by atoms with van der Waals surface area (Å²) in [7, 11) is -2.21. The first-order valence-electron chi connectivity index (χ1n) is 8.58. The Morgan fingerprint density at radius 3 is 2.46 bits per heavy atom. The van der Waals surface area contributed by atoms with Crippen molar-refractivity contribution in [2.75, 3.05) is 13.7 Å². The number of nitrogens with one attached hydrogen (secondary N) is 1. The highest BCUT2D eigenvalue weighted by molar-refractivity contribution is 7.89. The van der Waals surface area contributed by atoms with Crippen molar-refractivity contribution in [3.05, 3.63) is 64.6 Å². The number of ether oxygens (including phenoxy) is 1. The van der Waals surface area contributed by atoms with Crippen molar-refractivity contribution in [3.63, 3.8) is 0 Å². The lowest BCUT2D eigenvalue weighted by atomic mass is 10.2. The Hall–Kier alpha value is -2.91. The number of benzene rings is 1. The molecule has 8 nitrogen and oxygen atoms in total. The van der Waals surface area contributed by atoms with Crippen LogP contribution in [-0.4, -0.2) is 31.6 Å². The molecular weight excluding hydrogens is 382 g/mol. The average molecular weight is 403 g/mol. The molecule has 0 saturated heterocycles. The van der Waals surface area contributed by atoms with Gasteiger partial charge in [-0.1, -0.05) is 12.1 Å². The number of pyridine rings is 1. The lowest BCUT2D eigenvalue weighted by molar-refractivity contribution is 0.411. The predicted molar refractivity (Wildman–Crippen MR) is 104 cm³/mol. The highest BCUT2D eigenvalue weighted by Crippen LogP contribution is 2.20. The number of aryl methyl sites for hydroxylation is 2. The molecule has 2 heterocycles. The summed E-state index contributed by atoms with van der Waals surface area (Å²) in [6, 6.07) is 9.44. The van der Waals surface area contributed by atoms with Crippen LogP contribution < -0.4 is 15.0 Å². The smallest absolute Gasteiger partial charge is 0.254 e. The summed E-state index contributed by atoms with van der Waals surface area (Å²) in [5, 5.41) is 0. The Kier molecular flexibility index (Phi) is 5.66. The Balaban J connectivity index is 1.68. The molecule has 0 unspecified atom stereocenters. The van der Waals surface area contributed by atoms with E-state index >= 15 is 0 Å². The first kappa shape index (κ1) is 19.8. The molecule has 0 spiro atoms. The third-order valence-electron chi connectivity index (χ3n) is 4.25. The van der Waals surface area contributed by atoms with E-state index in [0.29, 0.717) is 23.0 Å². The molecule has 28 heavy (non-hydrogen) atoms. The first-order chi connectivity index (χ1) is 13.3. The largest absolute Gasteiger partial charge is 0.496 e. The van der Waals surface area contributed by atoms with Crippen LogP contribution in [0.5, 0.6) is 5.75 Å². The van der Waals surface area contributed by atoms with Crippen molar-refractivity contribution in [3.8, 4) is 17.0 Å². The van der Waals surface area contributed by atoms with Crippen LogP contribution >= 0.6 is 0 Å². The quantitative estimate of drug-likeness (QED) is 0.648. The zero-order valence-corrected chi connectivity index (χ0v) is 16.6. The summed E-state index contributed by atoms with van der Waals surface area (Å²) in [4.78, 5) is 16.5. The second-order valence-corrected chi connectivity index (χ2v) is 7.97. The van der Waals surface area contributed by atoms with Crippen molar-refractivity contribution in [2.24, 2.45) is 0 Å². The van der Waals surface area contributed by atoms with Gasteiger partial charge >= 0.3 is 0 Å². The Morgan fingerprint density at radius 2 is 1.89 bits per heavy atom. The zero-order valence-electron chi connectivity index (χ0n) is 15.8. The molecule has 0 aliphatic carbocycles. The number of methoxy groups -OCH3 is 1. The third kappa shape index (κ3) is 4.32. The number of oxazole rings is 1. The van der Waals surface area contributed by atoms with Crippen LogP contribution in [0.3, 0.4) is 0 Å². The van der Waals surface area contributed by atoms with Gasteiger partial charge in [-0.3, -0.25) is 4.79 Å². The maximum absolute atomic E-state index is 12.5. The van der Waals surface area contributed by atoms with Crippen molar-refractivity contribution >= 4 is 10.0 Å². The van der Waals surface area contributed by atoms with Crippen LogP contribution in [0.2, 0.25) is 0 Å². The van der Waals surface area contributed by atoms with E-state index in [4.69, 9.17) is 9.15 Å². The SMILES string of the molecule is COc1cc(C)n(CCNS(=O)(=O)c2ccc(-c3coc(C)n3)cc2)c(=O)c1. The van der Waals surface area contributed by atoms with Crippen molar-refractivity contribution in [1.82, 2.24) is 14.3 Å². The van der Waals surface area contributed by atoms with Gasteiger partial charge in [0.15, 0.2) is 5.89 Å². The summed E-state index contributed by atoms with van der Waals surface area (Å²) in [6.45, 7) is 3.80. The van der Waals surface area contributed by atoms with Gasteiger partial charge in [0.1, 0.15) is 17.7 Å². The molecule has 0 amide bonds. The standard InChI is InChI=1S/C19H21N3O5S/c1-13-10-16(26-3)11-19(23)22(13)9-8-20-28(24,25)17-6-4-15(5-7-17)18-12-27-14(2)21-18/h4-7,10-12,20H,8-9H2,1-3H3. The maximum Gasteiger partial charge on any atom is 0.254 e. The van der Waals surface area contributed by atoms with Crippen molar-refractivity contribution < 1.29 is 17.6 Å². The molecule has 1 aromatic carbocycles. The molecule has 3 aromatic rings. The minimum Gasteiger partial charge on any atom is -0.496 e. The van der Waals surface area contributed by atoms with Crippen LogP contribution in [0.15, 0.2) is 56.8 Å². The van der Waals surface area contributed by atoms with E-state index in [9.17, 15) is 13.2 Å². The van der Waals surface area contributed by atoms with E-state index in [-0.39, 0.29) is 23.5 Å². The lowest BCUT2D eigenvalue weighted by Crippen LogP contribution is -2.31. The topological polar surface area (TPSA) is 103 Å². The molecule has 0 bridgehead atoms. The van der Waals surface area contributed by atoms with Gasteiger partial charge in [0.2, 0.25) is 10.0 Å². The molecule has 148 valence electrons. The fraction of sp³-hybridized carbons (Fsp3) is 0.263. The second kappa shape index (κ2) is 7.99. The van der Waals surface area contributed by atoms with Gasteiger partial charge in [-0.2, -0.15) is 0 Å². The van der Waals surface area contributed by atoms with Gasteiger partial charge < -0.3 is 13.7 Å². The normalized spacial score (nSPS) is 11.5. The lowest BCUT2D eigenvalue weighted by Gasteiger charge is -2.12. The van der Waals surface area contributed by atoms with Crippen LogP contribution in [0.4, 0.5) is 0 Å². The molecule has 3 rings (SSSR count). The summed E-state index contributed by atoms with van der Waals surface area (Å²) >= 11 is 0. The van der Waals surface area contributed by atoms with Crippen molar-refractivity contribution in [2.45, 2.75) is 25.3 Å². The molecule has 0 atom stereocenters. The van der Waals surface area contributed by atoms with E-state index in [0.717, 1.165) is 5.56 Å². The molecular formula is C19H21N3O5S. The predicted octanol–water partition coefficient (Wildman–Crippen LogP) is 2.11. The molecule has 0 saturated carbocycles. The summed E-state index contributed by atoms with van der Waals surface area (Å²) in [5.41, 5.74) is 1.85. The Morgan fingerprint density at radius 1 is 1.18 bits per heavy atom. The second-order valence-electron chi connectivity index (χ2n) is 6.20. The number of aromatic nitrogens is 2. The number of sulfonamides is 1. The molecule has 9 heteroatoms. The van der Waals surface area contributed by atoms with Gasteiger partial charge in [-0.15, -0.1) is 0 Å². The van der Waals surface area contributed by atoms with E-state index < -0.39 is 10.0 Å². The number of nitrogens with zero attached hydrogens (tertiary/aromatic N) is 2. The molecule has 0 aliphatic rings. The third-order valence-corrected chi connectivity index (χ3v) is 5.73. The van der Waals surface area contributed by atoms with E-state index in [2.05, 4.69) is 9.71 Å². The van der Waals surface area contributed by atoms with Gasteiger partial charge in [-0.05, 0) is 25.1 Å². The van der Waals surface area contributed by atoms with Gasteiger partial charge in [0.05, 0.1) is 12.0 Å². The van der Waals surface area contributed by atoms with E-state index in [1.54, 1.807) is 32.0 Å². The van der Waals surface area contributed by atoms with Gasteiger partial charge in [0.25, 0.3) is 5.56 Å². The maximum atomic E-state index is 12.5. The van der Waals surface area contributed by atoms with Crippen LogP contribution in [0.25, 0.3) is 11.3 Å². The highest BCUT2D eigenvalue weighted by Gasteiger charge is 2.14. The summed E-state index contributed by atoms with van der Waals surface area (Å²) in [6.07, 6.45) is 1.52. The van der Waals surface area contributed by atoms with E-state index in [1.807, 2.05) is 0 Å². The number of hydrogen-bond acceptors (Lipinski definition) is 6.